The average molecular weight is 522 g/mol. The van der Waals surface area contributed by atoms with Crippen LogP contribution in [0.5, 0.6) is 17.2 Å². The molecule has 0 bridgehead atoms. The second kappa shape index (κ2) is 11.7. The number of likely N-dealkylation sites (tertiary alicyclic amines) is 1. The van der Waals surface area contributed by atoms with E-state index in [1.807, 2.05) is 35.2 Å². The number of aromatic nitrogens is 2. The summed E-state index contributed by atoms with van der Waals surface area (Å²) in [5, 5.41) is 4.14. The van der Waals surface area contributed by atoms with E-state index in [1.54, 1.807) is 21.3 Å². The largest absolute Gasteiger partial charge is 0.497 e. The number of piperidine rings is 1. The molecule has 2 fully saturated rings. The van der Waals surface area contributed by atoms with Crippen molar-refractivity contribution in [1.82, 2.24) is 19.9 Å². The summed E-state index contributed by atoms with van der Waals surface area (Å²) in [4.78, 5) is 24.4. The van der Waals surface area contributed by atoms with Crippen LogP contribution in [-0.2, 0) is 11.3 Å². The predicted octanol–water partition coefficient (Wildman–Crippen LogP) is 3.32. The number of nitrogens with zero attached hydrogens (tertiary/aromatic N) is 5. The predicted molar refractivity (Wildman–Crippen MR) is 143 cm³/mol. The number of amides is 1. The highest BCUT2D eigenvalue weighted by Gasteiger charge is 2.31. The van der Waals surface area contributed by atoms with Crippen molar-refractivity contribution in [3.8, 4) is 28.6 Å². The molecule has 0 spiro atoms. The molecule has 2 aliphatic heterocycles. The molecular formula is C28H35N5O5. The lowest BCUT2D eigenvalue weighted by molar-refractivity contribution is -0.137. The van der Waals surface area contributed by atoms with Crippen LogP contribution < -0.4 is 19.1 Å². The molecule has 0 unspecified atom stereocenters. The van der Waals surface area contributed by atoms with Gasteiger partial charge in [0.1, 0.15) is 5.75 Å². The lowest BCUT2D eigenvalue weighted by atomic mass is 9.95. The molecule has 0 radical (unpaired) electrons. The Balaban J connectivity index is 1.09. The summed E-state index contributed by atoms with van der Waals surface area (Å²) in [5.41, 5.74) is 1.97. The van der Waals surface area contributed by atoms with E-state index < -0.39 is 0 Å². The number of benzene rings is 2. The summed E-state index contributed by atoms with van der Waals surface area (Å²) < 4.78 is 21.4. The fourth-order valence-electron chi connectivity index (χ4n) is 5.18. The minimum atomic E-state index is 0.0730. The van der Waals surface area contributed by atoms with Crippen LogP contribution in [0.1, 0.15) is 18.7 Å². The molecule has 2 aliphatic rings. The standard InChI is InChI=1S/C28H35N5O5/c1-35-23-7-5-22(6-8-23)32-14-16-33(17-15-32)28(34)20-10-12-31(13-11-20)19-26-29-27(30-38-26)21-4-9-24(36-2)25(18-21)37-3/h4-9,18,20H,10-17,19H2,1-3H3. The summed E-state index contributed by atoms with van der Waals surface area (Å²) >= 11 is 0. The van der Waals surface area contributed by atoms with Gasteiger partial charge in [-0.15, -0.1) is 0 Å². The van der Waals surface area contributed by atoms with E-state index in [0.29, 0.717) is 29.8 Å². The van der Waals surface area contributed by atoms with Gasteiger partial charge in [0.25, 0.3) is 0 Å². The third-order valence-electron chi connectivity index (χ3n) is 7.43. The van der Waals surface area contributed by atoms with Crippen molar-refractivity contribution in [2.75, 3.05) is 65.5 Å². The summed E-state index contributed by atoms with van der Waals surface area (Å²) in [6.07, 6.45) is 1.68. The number of hydrogen-bond acceptors (Lipinski definition) is 9. The van der Waals surface area contributed by atoms with Crippen LogP contribution in [0.4, 0.5) is 5.69 Å². The summed E-state index contributed by atoms with van der Waals surface area (Å²) in [5.74, 6) is 3.55. The molecule has 2 aromatic carbocycles. The number of anilines is 1. The van der Waals surface area contributed by atoms with Crippen molar-refractivity contribution in [3.05, 3.63) is 48.4 Å². The normalized spacial score (nSPS) is 16.9. The van der Waals surface area contributed by atoms with Crippen molar-refractivity contribution < 1.29 is 23.5 Å². The van der Waals surface area contributed by atoms with Gasteiger partial charge >= 0.3 is 0 Å². The topological polar surface area (TPSA) is 93.4 Å². The van der Waals surface area contributed by atoms with Crippen molar-refractivity contribution in [3.63, 3.8) is 0 Å². The van der Waals surface area contributed by atoms with Crippen molar-refractivity contribution >= 4 is 11.6 Å². The molecule has 1 amide bonds. The first-order valence-electron chi connectivity index (χ1n) is 13.0. The van der Waals surface area contributed by atoms with Crippen LogP contribution in [0, 0.1) is 5.92 Å². The quantitative estimate of drug-likeness (QED) is 0.443. The maximum Gasteiger partial charge on any atom is 0.241 e. The Bertz CT molecular complexity index is 1210. The maximum absolute atomic E-state index is 13.2. The molecule has 3 heterocycles. The second-order valence-electron chi connectivity index (χ2n) is 9.64. The van der Waals surface area contributed by atoms with E-state index in [4.69, 9.17) is 18.7 Å². The number of carbonyl (C=O) groups is 1. The Morgan fingerprint density at radius 3 is 2.26 bits per heavy atom. The molecule has 3 aromatic rings. The summed E-state index contributed by atoms with van der Waals surface area (Å²) in [6.45, 7) is 5.43. The zero-order valence-corrected chi connectivity index (χ0v) is 22.3. The van der Waals surface area contributed by atoms with Crippen LogP contribution in [0.2, 0.25) is 0 Å². The fraction of sp³-hybridized carbons (Fsp3) is 0.464. The Hall–Kier alpha value is -3.79. The minimum absolute atomic E-state index is 0.0730. The van der Waals surface area contributed by atoms with Gasteiger partial charge in [-0.3, -0.25) is 9.69 Å². The van der Waals surface area contributed by atoms with Gasteiger partial charge < -0.3 is 28.5 Å². The van der Waals surface area contributed by atoms with Crippen molar-refractivity contribution in [2.24, 2.45) is 5.92 Å². The van der Waals surface area contributed by atoms with Gasteiger partial charge in [-0.2, -0.15) is 4.98 Å². The average Bonchev–Trinajstić information content (AvgIpc) is 3.45. The van der Waals surface area contributed by atoms with E-state index in [-0.39, 0.29) is 11.8 Å². The first kappa shape index (κ1) is 25.8. The van der Waals surface area contributed by atoms with E-state index in [1.165, 1.54) is 5.69 Å². The maximum atomic E-state index is 13.2. The Morgan fingerprint density at radius 2 is 1.61 bits per heavy atom. The van der Waals surface area contributed by atoms with Crippen molar-refractivity contribution in [1.29, 1.82) is 0 Å². The molecule has 1 aromatic heterocycles. The Kier molecular flexibility index (Phi) is 7.97. The van der Waals surface area contributed by atoms with Gasteiger partial charge in [-0.05, 0) is 68.4 Å². The third-order valence-corrected chi connectivity index (χ3v) is 7.43. The number of carbonyl (C=O) groups excluding carboxylic acids is 1. The molecule has 202 valence electrons. The van der Waals surface area contributed by atoms with Crippen LogP contribution in [0.25, 0.3) is 11.4 Å². The van der Waals surface area contributed by atoms with Crippen LogP contribution in [0.15, 0.2) is 47.0 Å². The first-order valence-corrected chi connectivity index (χ1v) is 13.0. The molecule has 10 heteroatoms. The molecule has 5 rings (SSSR count). The number of ether oxygens (including phenoxy) is 3. The van der Waals surface area contributed by atoms with E-state index in [0.717, 1.165) is 63.4 Å². The fourth-order valence-corrected chi connectivity index (χ4v) is 5.18. The van der Waals surface area contributed by atoms with Gasteiger partial charge in [0.05, 0.1) is 27.9 Å². The highest BCUT2D eigenvalue weighted by atomic mass is 16.5. The van der Waals surface area contributed by atoms with Gasteiger partial charge in [0.15, 0.2) is 11.5 Å². The lowest BCUT2D eigenvalue weighted by Gasteiger charge is -2.39. The number of piperazine rings is 1. The number of methoxy groups -OCH3 is 3. The summed E-state index contributed by atoms with van der Waals surface area (Å²) in [6, 6.07) is 13.6. The second-order valence-corrected chi connectivity index (χ2v) is 9.64. The van der Waals surface area contributed by atoms with Gasteiger partial charge in [-0.25, -0.2) is 0 Å². The molecule has 10 nitrogen and oxygen atoms in total. The molecule has 38 heavy (non-hydrogen) atoms. The monoisotopic (exact) mass is 521 g/mol. The molecule has 0 atom stereocenters. The smallest absolute Gasteiger partial charge is 0.241 e. The zero-order valence-electron chi connectivity index (χ0n) is 22.3. The lowest BCUT2D eigenvalue weighted by Crippen LogP contribution is -2.51. The zero-order chi connectivity index (χ0) is 26.5. The highest BCUT2D eigenvalue weighted by Crippen LogP contribution is 2.31. The van der Waals surface area contributed by atoms with Gasteiger partial charge in [0, 0.05) is 43.3 Å². The van der Waals surface area contributed by atoms with E-state index >= 15 is 0 Å². The molecule has 0 aliphatic carbocycles. The highest BCUT2D eigenvalue weighted by molar-refractivity contribution is 5.79. The Labute approximate surface area is 223 Å². The van der Waals surface area contributed by atoms with Gasteiger partial charge in [0.2, 0.25) is 17.6 Å². The molecule has 2 saturated heterocycles. The molecular weight excluding hydrogens is 486 g/mol. The number of rotatable bonds is 8. The SMILES string of the molecule is COc1ccc(N2CCN(C(=O)C3CCN(Cc4nc(-c5ccc(OC)c(OC)c5)no4)CC3)CC2)cc1. The van der Waals surface area contributed by atoms with Crippen molar-refractivity contribution in [2.45, 2.75) is 19.4 Å². The van der Waals surface area contributed by atoms with E-state index in [2.05, 4.69) is 32.1 Å². The molecule has 0 N–H and O–H groups in total. The van der Waals surface area contributed by atoms with Crippen LogP contribution in [0.3, 0.4) is 0 Å². The van der Waals surface area contributed by atoms with Gasteiger partial charge in [-0.1, -0.05) is 5.16 Å². The van der Waals surface area contributed by atoms with Crippen LogP contribution in [-0.4, -0.2) is 86.4 Å². The summed E-state index contributed by atoms with van der Waals surface area (Å²) in [7, 11) is 4.87. The third kappa shape index (κ3) is 5.70. The number of hydrogen-bond donors (Lipinski definition) is 0. The molecule has 0 saturated carbocycles. The van der Waals surface area contributed by atoms with E-state index in [9.17, 15) is 4.79 Å². The first-order chi connectivity index (χ1) is 18.6. The minimum Gasteiger partial charge on any atom is -0.497 e. The Morgan fingerprint density at radius 1 is 0.895 bits per heavy atom. The van der Waals surface area contributed by atoms with Crippen LogP contribution >= 0.6 is 0 Å².